The van der Waals surface area contributed by atoms with Crippen LogP contribution in [0.4, 0.5) is 5.69 Å². The van der Waals surface area contributed by atoms with Gasteiger partial charge in [0.2, 0.25) is 0 Å². The molecule has 3 rings (SSSR count). The van der Waals surface area contributed by atoms with Crippen LogP contribution in [0.25, 0.3) is 0 Å². The quantitative estimate of drug-likeness (QED) is 0.600. The van der Waals surface area contributed by atoms with Gasteiger partial charge in [-0.05, 0) is 42.3 Å². The number of hydrogen-bond donors (Lipinski definition) is 0. The van der Waals surface area contributed by atoms with Gasteiger partial charge < -0.3 is 14.4 Å². The Hall–Kier alpha value is -3.78. The number of anilines is 1. The van der Waals surface area contributed by atoms with Gasteiger partial charge in [0.05, 0.1) is 25.3 Å². The van der Waals surface area contributed by atoms with Crippen molar-refractivity contribution in [3.63, 3.8) is 0 Å². The van der Waals surface area contributed by atoms with E-state index in [4.69, 9.17) is 14.7 Å². The van der Waals surface area contributed by atoms with Crippen molar-refractivity contribution < 1.29 is 14.3 Å². The van der Waals surface area contributed by atoms with Gasteiger partial charge in [0.15, 0.2) is 18.1 Å². The lowest BCUT2D eigenvalue weighted by Crippen LogP contribution is -2.34. The molecule has 0 aliphatic carbocycles. The van der Waals surface area contributed by atoms with Crippen LogP contribution in [0, 0.1) is 18.3 Å². The summed E-state index contributed by atoms with van der Waals surface area (Å²) in [6.07, 6.45) is 0. The van der Waals surface area contributed by atoms with E-state index in [1.807, 2.05) is 61.5 Å². The molecular weight excluding hydrogens is 364 g/mol. The minimum Gasteiger partial charge on any atom is -0.493 e. The maximum absolute atomic E-state index is 13.1. The number of aryl methyl sites for hydroxylation is 1. The molecule has 0 atom stereocenters. The van der Waals surface area contributed by atoms with E-state index in [2.05, 4.69) is 6.07 Å². The number of nitriles is 1. The third-order valence-corrected chi connectivity index (χ3v) is 4.44. The maximum Gasteiger partial charge on any atom is 0.265 e. The molecule has 0 N–H and O–H groups in total. The van der Waals surface area contributed by atoms with Gasteiger partial charge in [-0.3, -0.25) is 4.79 Å². The number of ether oxygens (including phenoxy) is 2. The first-order valence-electron chi connectivity index (χ1n) is 9.22. The highest BCUT2D eigenvalue weighted by atomic mass is 16.5. The van der Waals surface area contributed by atoms with Gasteiger partial charge in [-0.15, -0.1) is 0 Å². The summed E-state index contributed by atoms with van der Waals surface area (Å²) < 4.78 is 11.0. The number of amides is 1. The second-order valence-electron chi connectivity index (χ2n) is 6.57. The van der Waals surface area contributed by atoms with E-state index in [-0.39, 0.29) is 12.5 Å². The summed E-state index contributed by atoms with van der Waals surface area (Å²) in [5.74, 6) is 0.664. The van der Waals surface area contributed by atoms with Gasteiger partial charge in [0.25, 0.3) is 5.91 Å². The molecule has 1 amide bonds. The Morgan fingerprint density at radius 1 is 1.00 bits per heavy atom. The second kappa shape index (κ2) is 9.43. The van der Waals surface area contributed by atoms with Crippen molar-refractivity contribution in [3.8, 4) is 17.6 Å². The van der Waals surface area contributed by atoms with Crippen molar-refractivity contribution in [3.05, 3.63) is 89.5 Å². The van der Waals surface area contributed by atoms with Gasteiger partial charge in [-0.1, -0.05) is 42.5 Å². The third kappa shape index (κ3) is 5.14. The average molecular weight is 386 g/mol. The second-order valence-corrected chi connectivity index (χ2v) is 6.57. The zero-order valence-corrected chi connectivity index (χ0v) is 16.5. The Labute approximate surface area is 170 Å². The Morgan fingerprint density at radius 2 is 1.79 bits per heavy atom. The molecule has 0 saturated carbocycles. The van der Waals surface area contributed by atoms with Crippen LogP contribution in [-0.2, 0) is 11.3 Å². The number of rotatable bonds is 7. The summed E-state index contributed by atoms with van der Waals surface area (Å²) in [6.45, 7) is 2.28. The first-order chi connectivity index (χ1) is 14.1. The van der Waals surface area contributed by atoms with E-state index in [1.165, 1.54) is 7.11 Å². The van der Waals surface area contributed by atoms with E-state index in [9.17, 15) is 4.79 Å². The van der Waals surface area contributed by atoms with E-state index in [1.54, 1.807) is 23.1 Å². The molecule has 0 fully saturated rings. The Kier molecular flexibility index (Phi) is 6.49. The van der Waals surface area contributed by atoms with Crippen LogP contribution in [0.1, 0.15) is 16.7 Å². The fourth-order valence-electron chi connectivity index (χ4n) is 2.96. The molecule has 0 radical (unpaired) electrons. The molecule has 0 aromatic heterocycles. The molecule has 0 saturated heterocycles. The van der Waals surface area contributed by atoms with Gasteiger partial charge in [-0.2, -0.15) is 5.26 Å². The fraction of sp³-hybridized carbons (Fsp3) is 0.167. The Balaban J connectivity index is 1.81. The smallest absolute Gasteiger partial charge is 0.265 e. The first kappa shape index (κ1) is 20.0. The first-order valence-corrected chi connectivity index (χ1v) is 9.22. The number of benzene rings is 3. The number of carbonyl (C=O) groups is 1. The lowest BCUT2D eigenvalue weighted by atomic mass is 10.1. The highest BCUT2D eigenvalue weighted by Crippen LogP contribution is 2.28. The number of nitrogens with zero attached hydrogens (tertiary/aromatic N) is 2. The zero-order valence-electron chi connectivity index (χ0n) is 16.5. The molecule has 0 aliphatic rings. The van der Waals surface area contributed by atoms with Crippen LogP contribution >= 0.6 is 0 Å². The van der Waals surface area contributed by atoms with Crippen LogP contribution < -0.4 is 14.4 Å². The predicted octanol–water partition coefficient (Wildman–Crippen LogP) is 4.49. The topological polar surface area (TPSA) is 62.6 Å². The highest BCUT2D eigenvalue weighted by Gasteiger charge is 2.18. The van der Waals surface area contributed by atoms with E-state index < -0.39 is 0 Å². The molecule has 3 aromatic rings. The molecule has 5 nitrogen and oxygen atoms in total. The lowest BCUT2D eigenvalue weighted by molar-refractivity contribution is -0.120. The van der Waals surface area contributed by atoms with Crippen LogP contribution in [-0.4, -0.2) is 19.6 Å². The van der Waals surface area contributed by atoms with E-state index in [0.717, 1.165) is 16.8 Å². The molecule has 0 aliphatic heterocycles. The summed E-state index contributed by atoms with van der Waals surface area (Å²) in [4.78, 5) is 14.8. The third-order valence-electron chi connectivity index (χ3n) is 4.44. The van der Waals surface area contributed by atoms with Crippen molar-refractivity contribution in [2.75, 3.05) is 18.6 Å². The predicted molar refractivity (Wildman–Crippen MR) is 112 cm³/mol. The molecule has 3 aromatic carbocycles. The monoisotopic (exact) mass is 386 g/mol. The molecule has 5 heteroatoms. The Bertz CT molecular complexity index is 1030. The molecular formula is C24H22N2O3. The molecule has 0 heterocycles. The Morgan fingerprint density at radius 3 is 2.48 bits per heavy atom. The lowest BCUT2D eigenvalue weighted by Gasteiger charge is -2.24. The van der Waals surface area contributed by atoms with Crippen molar-refractivity contribution in [2.45, 2.75) is 13.5 Å². The van der Waals surface area contributed by atoms with Gasteiger partial charge >= 0.3 is 0 Å². The zero-order chi connectivity index (χ0) is 20.6. The maximum atomic E-state index is 13.1. The molecule has 29 heavy (non-hydrogen) atoms. The van der Waals surface area contributed by atoms with Crippen molar-refractivity contribution in [1.82, 2.24) is 0 Å². The van der Waals surface area contributed by atoms with E-state index in [0.29, 0.717) is 23.6 Å². The van der Waals surface area contributed by atoms with Crippen LogP contribution in [0.15, 0.2) is 72.8 Å². The van der Waals surface area contributed by atoms with Crippen LogP contribution in [0.5, 0.6) is 11.5 Å². The molecule has 146 valence electrons. The average Bonchev–Trinajstić information content (AvgIpc) is 2.76. The SMILES string of the molecule is COc1cc(C#N)ccc1OCC(=O)N(Cc1ccccc1)c1cccc(C)c1. The number of hydrogen-bond acceptors (Lipinski definition) is 4. The molecule has 0 bridgehead atoms. The summed E-state index contributed by atoms with van der Waals surface area (Å²) >= 11 is 0. The number of methoxy groups -OCH3 is 1. The normalized spacial score (nSPS) is 10.1. The van der Waals surface area contributed by atoms with Crippen molar-refractivity contribution in [2.24, 2.45) is 0 Å². The number of carbonyl (C=O) groups excluding carboxylic acids is 1. The highest BCUT2D eigenvalue weighted by molar-refractivity contribution is 5.94. The summed E-state index contributed by atoms with van der Waals surface area (Å²) in [5.41, 5.74) is 3.38. The summed E-state index contributed by atoms with van der Waals surface area (Å²) in [5, 5.41) is 9.02. The molecule has 0 unspecified atom stereocenters. The van der Waals surface area contributed by atoms with Gasteiger partial charge in [-0.25, -0.2) is 0 Å². The van der Waals surface area contributed by atoms with Crippen LogP contribution in [0.2, 0.25) is 0 Å². The fourth-order valence-corrected chi connectivity index (χ4v) is 2.96. The summed E-state index contributed by atoms with van der Waals surface area (Å²) in [6, 6.07) is 24.5. The summed E-state index contributed by atoms with van der Waals surface area (Å²) in [7, 11) is 1.50. The largest absolute Gasteiger partial charge is 0.493 e. The standard InChI is InChI=1S/C24H22N2O3/c1-18-7-6-10-21(13-18)26(16-19-8-4-3-5-9-19)24(27)17-29-22-12-11-20(15-25)14-23(22)28-2/h3-14H,16-17H2,1-2H3. The van der Waals surface area contributed by atoms with Crippen molar-refractivity contribution >= 4 is 11.6 Å². The molecule has 0 spiro atoms. The minimum absolute atomic E-state index is 0.150. The van der Waals surface area contributed by atoms with Gasteiger partial charge in [0.1, 0.15) is 0 Å². The van der Waals surface area contributed by atoms with E-state index >= 15 is 0 Å². The minimum atomic E-state index is -0.175. The van der Waals surface area contributed by atoms with Gasteiger partial charge in [0, 0.05) is 11.8 Å². The van der Waals surface area contributed by atoms with Crippen molar-refractivity contribution in [1.29, 1.82) is 5.26 Å². The van der Waals surface area contributed by atoms with Crippen LogP contribution in [0.3, 0.4) is 0 Å².